The number of benzene rings is 1. The van der Waals surface area contributed by atoms with E-state index in [1.54, 1.807) is 24.3 Å². The zero-order valence-corrected chi connectivity index (χ0v) is 18.3. The van der Waals surface area contributed by atoms with Crippen molar-refractivity contribution in [1.82, 2.24) is 20.4 Å². The first kappa shape index (κ1) is 22.3. The van der Waals surface area contributed by atoms with Crippen LogP contribution in [-0.4, -0.2) is 66.3 Å². The Morgan fingerprint density at radius 1 is 1.20 bits per heavy atom. The number of aromatic nitrogens is 2. The lowest BCUT2D eigenvalue weighted by Gasteiger charge is -2.26. The summed E-state index contributed by atoms with van der Waals surface area (Å²) in [5.74, 6) is -0.00767. The molecule has 2 N–H and O–H groups in total. The summed E-state index contributed by atoms with van der Waals surface area (Å²) in [4.78, 5) is 27.2. The van der Waals surface area contributed by atoms with E-state index in [9.17, 15) is 9.59 Å². The summed E-state index contributed by atoms with van der Waals surface area (Å²) in [6.45, 7) is 9.20. The molecule has 1 fully saturated rings. The Bertz CT molecular complexity index is 849. The van der Waals surface area contributed by atoms with Crippen LogP contribution >= 0.6 is 11.3 Å². The van der Waals surface area contributed by atoms with Crippen molar-refractivity contribution in [3.05, 3.63) is 39.8 Å². The van der Waals surface area contributed by atoms with Crippen LogP contribution < -0.4 is 10.6 Å². The van der Waals surface area contributed by atoms with Gasteiger partial charge in [0.05, 0.1) is 13.2 Å². The van der Waals surface area contributed by atoms with Crippen molar-refractivity contribution in [3.8, 4) is 0 Å². The van der Waals surface area contributed by atoms with Crippen molar-refractivity contribution in [2.24, 2.45) is 5.92 Å². The Morgan fingerprint density at radius 2 is 2.00 bits per heavy atom. The summed E-state index contributed by atoms with van der Waals surface area (Å²) in [7, 11) is 0. The molecule has 0 unspecified atom stereocenters. The molecular formula is C21H29N5O3S. The summed E-state index contributed by atoms with van der Waals surface area (Å²) in [6.07, 6.45) is 1.68. The van der Waals surface area contributed by atoms with Gasteiger partial charge in [-0.1, -0.05) is 31.3 Å². The molecule has 0 atom stereocenters. The van der Waals surface area contributed by atoms with Gasteiger partial charge in [0.15, 0.2) is 0 Å². The minimum atomic E-state index is -0.314. The van der Waals surface area contributed by atoms with Crippen molar-refractivity contribution < 1.29 is 14.3 Å². The molecule has 2 aromatic rings. The van der Waals surface area contributed by atoms with Gasteiger partial charge in [-0.2, -0.15) is 0 Å². The second-order valence-corrected chi connectivity index (χ2v) is 8.76. The molecule has 162 valence electrons. The van der Waals surface area contributed by atoms with Crippen LogP contribution in [0.5, 0.6) is 0 Å². The van der Waals surface area contributed by atoms with Gasteiger partial charge in [-0.05, 0) is 37.1 Å². The molecule has 1 saturated heterocycles. The number of nitrogens with one attached hydrogen (secondary N) is 2. The maximum absolute atomic E-state index is 12.4. The highest BCUT2D eigenvalue weighted by Gasteiger charge is 2.15. The van der Waals surface area contributed by atoms with Gasteiger partial charge in [0, 0.05) is 37.3 Å². The Kier molecular flexibility index (Phi) is 8.30. The molecule has 30 heavy (non-hydrogen) atoms. The number of carbonyl (C=O) groups excluding carboxylic acids is 2. The molecule has 1 aromatic heterocycles. The number of rotatable bonds is 9. The number of amides is 2. The summed E-state index contributed by atoms with van der Waals surface area (Å²) >= 11 is 1.30. The van der Waals surface area contributed by atoms with E-state index < -0.39 is 0 Å². The maximum atomic E-state index is 12.4. The van der Waals surface area contributed by atoms with Gasteiger partial charge in [0.25, 0.3) is 11.8 Å². The van der Waals surface area contributed by atoms with Crippen LogP contribution in [-0.2, 0) is 11.2 Å². The zero-order valence-electron chi connectivity index (χ0n) is 17.5. The summed E-state index contributed by atoms with van der Waals surface area (Å²) in [5, 5.41) is 15.0. The average molecular weight is 432 g/mol. The van der Waals surface area contributed by atoms with Crippen molar-refractivity contribution >= 4 is 28.8 Å². The number of ether oxygens (including phenoxy) is 1. The van der Waals surface area contributed by atoms with Crippen LogP contribution in [0.2, 0.25) is 0 Å². The Labute approximate surface area is 181 Å². The normalized spacial score (nSPS) is 14.6. The average Bonchev–Trinajstić information content (AvgIpc) is 3.20. The molecule has 2 amide bonds. The molecule has 3 rings (SSSR count). The van der Waals surface area contributed by atoms with E-state index >= 15 is 0 Å². The molecule has 0 saturated carbocycles. The fraction of sp³-hybridized carbons (Fsp3) is 0.524. The Hall–Kier alpha value is -2.36. The number of hydrogen-bond acceptors (Lipinski definition) is 7. The molecule has 1 aliphatic rings. The topological polar surface area (TPSA) is 96.5 Å². The van der Waals surface area contributed by atoms with Gasteiger partial charge in [-0.15, -0.1) is 10.2 Å². The van der Waals surface area contributed by atoms with Crippen LogP contribution in [0.15, 0.2) is 24.3 Å². The van der Waals surface area contributed by atoms with Crippen molar-refractivity contribution in [3.63, 3.8) is 0 Å². The standard InChI is InChI=1S/C21H29N5O3S/c1-15(2)13-18-24-25-21(30-18)20(28)23-17-6-3-5-16(14-17)19(27)22-7-4-8-26-9-11-29-12-10-26/h3,5-6,14-15H,4,7-13H2,1-2H3,(H,22,27)(H,23,28). The minimum Gasteiger partial charge on any atom is -0.379 e. The van der Waals surface area contributed by atoms with Gasteiger partial charge >= 0.3 is 0 Å². The van der Waals surface area contributed by atoms with Crippen LogP contribution in [0, 0.1) is 5.92 Å². The second kappa shape index (κ2) is 11.1. The predicted molar refractivity (Wildman–Crippen MR) is 117 cm³/mol. The van der Waals surface area contributed by atoms with Gasteiger partial charge < -0.3 is 15.4 Å². The van der Waals surface area contributed by atoms with Crippen molar-refractivity contribution in [2.75, 3.05) is 44.7 Å². The smallest absolute Gasteiger partial charge is 0.286 e. The van der Waals surface area contributed by atoms with Gasteiger partial charge in [0.2, 0.25) is 5.01 Å². The van der Waals surface area contributed by atoms with E-state index in [1.807, 2.05) is 0 Å². The molecule has 9 heteroatoms. The number of morpholine rings is 1. The largest absolute Gasteiger partial charge is 0.379 e. The summed E-state index contributed by atoms with van der Waals surface area (Å²) < 4.78 is 5.34. The van der Waals surface area contributed by atoms with Gasteiger partial charge in [-0.25, -0.2) is 0 Å². The van der Waals surface area contributed by atoms with E-state index in [2.05, 4.69) is 39.6 Å². The van der Waals surface area contributed by atoms with Gasteiger partial charge in [-0.3, -0.25) is 14.5 Å². The number of hydrogen-bond donors (Lipinski definition) is 2. The molecule has 8 nitrogen and oxygen atoms in total. The zero-order chi connectivity index (χ0) is 21.3. The third kappa shape index (κ3) is 6.86. The molecule has 1 aromatic carbocycles. The first-order valence-electron chi connectivity index (χ1n) is 10.3. The van der Waals surface area contributed by atoms with E-state index in [0.29, 0.717) is 28.7 Å². The van der Waals surface area contributed by atoms with Crippen molar-refractivity contribution in [1.29, 1.82) is 0 Å². The lowest BCUT2D eigenvalue weighted by molar-refractivity contribution is 0.0374. The SMILES string of the molecule is CC(C)Cc1nnc(C(=O)Nc2cccc(C(=O)NCCCN3CCOCC3)c2)s1. The van der Waals surface area contributed by atoms with Gasteiger partial charge in [0.1, 0.15) is 5.01 Å². The van der Waals surface area contributed by atoms with Crippen LogP contribution in [0.1, 0.15) is 45.4 Å². The lowest BCUT2D eigenvalue weighted by Crippen LogP contribution is -2.38. The molecule has 0 radical (unpaired) electrons. The minimum absolute atomic E-state index is 0.150. The third-order valence-electron chi connectivity index (χ3n) is 4.67. The Balaban J connectivity index is 1.47. The third-order valence-corrected chi connectivity index (χ3v) is 5.61. The monoisotopic (exact) mass is 431 g/mol. The number of carbonyl (C=O) groups is 2. The van der Waals surface area contributed by atoms with E-state index in [4.69, 9.17) is 4.74 Å². The number of nitrogens with zero attached hydrogens (tertiary/aromatic N) is 3. The predicted octanol–water partition coefficient (Wildman–Crippen LogP) is 2.44. The molecule has 0 aliphatic carbocycles. The van der Waals surface area contributed by atoms with Crippen LogP contribution in [0.25, 0.3) is 0 Å². The molecule has 1 aliphatic heterocycles. The second-order valence-electron chi connectivity index (χ2n) is 7.70. The van der Waals surface area contributed by atoms with Crippen molar-refractivity contribution in [2.45, 2.75) is 26.7 Å². The highest BCUT2D eigenvalue weighted by Crippen LogP contribution is 2.17. The van der Waals surface area contributed by atoms with E-state index in [0.717, 1.165) is 50.7 Å². The van der Waals surface area contributed by atoms with E-state index in [-0.39, 0.29) is 11.8 Å². The van der Waals surface area contributed by atoms with Crippen LogP contribution in [0.4, 0.5) is 5.69 Å². The molecular weight excluding hydrogens is 402 g/mol. The molecule has 0 spiro atoms. The summed E-state index contributed by atoms with van der Waals surface area (Å²) in [6, 6.07) is 6.91. The Morgan fingerprint density at radius 3 is 2.77 bits per heavy atom. The maximum Gasteiger partial charge on any atom is 0.286 e. The summed E-state index contributed by atoms with van der Waals surface area (Å²) in [5.41, 5.74) is 1.07. The fourth-order valence-corrected chi connectivity index (χ4v) is 4.08. The first-order chi connectivity index (χ1) is 14.5. The quantitative estimate of drug-likeness (QED) is 0.592. The first-order valence-corrected chi connectivity index (χ1v) is 11.1. The highest BCUT2D eigenvalue weighted by atomic mass is 32.1. The van der Waals surface area contributed by atoms with E-state index in [1.165, 1.54) is 11.3 Å². The van der Waals surface area contributed by atoms with Crippen LogP contribution in [0.3, 0.4) is 0 Å². The highest BCUT2D eigenvalue weighted by molar-refractivity contribution is 7.13. The lowest BCUT2D eigenvalue weighted by atomic mass is 10.1. The molecule has 0 bridgehead atoms. The number of anilines is 1. The molecule has 2 heterocycles. The fourth-order valence-electron chi connectivity index (χ4n) is 3.13.